The summed E-state index contributed by atoms with van der Waals surface area (Å²) >= 11 is 1.61. The molecule has 0 aromatic heterocycles. The summed E-state index contributed by atoms with van der Waals surface area (Å²) in [6.45, 7) is 4.28. The fourth-order valence-corrected chi connectivity index (χ4v) is 2.96. The molecule has 1 aromatic carbocycles. The molecule has 1 aromatic rings. The normalized spacial score (nSPS) is 13.8. The van der Waals surface area contributed by atoms with Gasteiger partial charge in [-0.05, 0) is 32.0 Å². The third kappa shape index (κ3) is 4.44. The molecule has 106 valence electrons. The van der Waals surface area contributed by atoms with Crippen LogP contribution in [0.5, 0.6) is 5.75 Å². The van der Waals surface area contributed by atoms with Gasteiger partial charge < -0.3 is 15.2 Å². The van der Waals surface area contributed by atoms with Gasteiger partial charge in [0.1, 0.15) is 11.3 Å². The van der Waals surface area contributed by atoms with Gasteiger partial charge >= 0.3 is 5.97 Å². The Labute approximate surface area is 118 Å². The molecule has 0 bridgehead atoms. The lowest BCUT2D eigenvalue weighted by Crippen LogP contribution is -2.49. The smallest absolute Gasteiger partial charge is 0.323 e. The Bertz CT molecular complexity index is 425. The summed E-state index contributed by atoms with van der Waals surface area (Å²) in [6, 6.07) is 7.76. The van der Waals surface area contributed by atoms with E-state index in [1.165, 1.54) is 0 Å². The minimum absolute atomic E-state index is 0.554. The van der Waals surface area contributed by atoms with Gasteiger partial charge in [0.25, 0.3) is 0 Å². The number of thioether (sulfide) groups is 1. The van der Waals surface area contributed by atoms with Crippen LogP contribution in [0.3, 0.4) is 0 Å². The number of ether oxygens (including phenoxy) is 1. The molecular formula is C14H21NO3S. The van der Waals surface area contributed by atoms with E-state index < -0.39 is 11.5 Å². The van der Waals surface area contributed by atoms with Crippen molar-refractivity contribution in [2.45, 2.75) is 30.7 Å². The average molecular weight is 283 g/mol. The highest BCUT2D eigenvalue weighted by Gasteiger charge is 2.31. The van der Waals surface area contributed by atoms with Crippen LogP contribution < -0.4 is 10.1 Å². The number of carbonyl (C=O) groups is 1. The number of para-hydroxylation sites is 1. The molecule has 0 spiro atoms. The first-order chi connectivity index (χ1) is 9.03. The van der Waals surface area contributed by atoms with Crippen molar-refractivity contribution >= 4 is 17.7 Å². The van der Waals surface area contributed by atoms with Crippen LogP contribution >= 0.6 is 11.8 Å². The Morgan fingerprint density at radius 3 is 2.74 bits per heavy atom. The summed E-state index contributed by atoms with van der Waals surface area (Å²) in [5.74, 6) is 0.735. The van der Waals surface area contributed by atoms with E-state index in [-0.39, 0.29) is 0 Å². The molecule has 0 aliphatic carbocycles. The van der Waals surface area contributed by atoms with E-state index in [4.69, 9.17) is 4.74 Å². The largest absolute Gasteiger partial charge is 0.496 e. The molecule has 0 saturated carbocycles. The molecule has 0 heterocycles. The molecule has 19 heavy (non-hydrogen) atoms. The molecule has 0 radical (unpaired) electrons. The highest BCUT2D eigenvalue weighted by atomic mass is 32.2. The summed E-state index contributed by atoms with van der Waals surface area (Å²) in [5.41, 5.74) is -0.871. The van der Waals surface area contributed by atoms with Crippen molar-refractivity contribution < 1.29 is 14.6 Å². The molecule has 4 nitrogen and oxygen atoms in total. The second kappa shape index (κ2) is 7.40. The van der Waals surface area contributed by atoms with Gasteiger partial charge in [-0.25, -0.2) is 0 Å². The minimum Gasteiger partial charge on any atom is -0.496 e. The number of aliphatic carboxylic acids is 1. The number of benzene rings is 1. The highest BCUT2D eigenvalue weighted by molar-refractivity contribution is 7.99. The topological polar surface area (TPSA) is 58.6 Å². The first-order valence-electron chi connectivity index (χ1n) is 6.27. The third-order valence-electron chi connectivity index (χ3n) is 2.97. The van der Waals surface area contributed by atoms with Gasteiger partial charge in [0.2, 0.25) is 0 Å². The van der Waals surface area contributed by atoms with Crippen molar-refractivity contribution in [1.29, 1.82) is 0 Å². The molecular weight excluding hydrogens is 262 g/mol. The SMILES string of the molecule is CCNC(C)(CCSc1ccccc1OC)C(=O)O. The van der Waals surface area contributed by atoms with E-state index in [0.717, 1.165) is 16.4 Å². The number of rotatable bonds is 8. The summed E-state index contributed by atoms with van der Waals surface area (Å²) < 4.78 is 5.27. The molecule has 1 unspecified atom stereocenters. The lowest BCUT2D eigenvalue weighted by molar-refractivity contribution is -0.144. The van der Waals surface area contributed by atoms with Crippen molar-refractivity contribution in [3.63, 3.8) is 0 Å². The lowest BCUT2D eigenvalue weighted by Gasteiger charge is -2.25. The second-order valence-corrected chi connectivity index (χ2v) is 5.55. The number of carboxylic acids is 1. The first kappa shape index (κ1) is 15.9. The summed E-state index contributed by atoms with van der Waals surface area (Å²) in [4.78, 5) is 12.3. The van der Waals surface area contributed by atoms with Crippen LogP contribution in [-0.4, -0.2) is 36.0 Å². The van der Waals surface area contributed by atoms with Crippen molar-refractivity contribution in [2.75, 3.05) is 19.4 Å². The van der Waals surface area contributed by atoms with Crippen LogP contribution in [-0.2, 0) is 4.79 Å². The number of hydrogen-bond acceptors (Lipinski definition) is 4. The summed E-state index contributed by atoms with van der Waals surface area (Å²) in [7, 11) is 1.64. The van der Waals surface area contributed by atoms with Crippen molar-refractivity contribution in [1.82, 2.24) is 5.32 Å². The number of methoxy groups -OCH3 is 1. The van der Waals surface area contributed by atoms with E-state index in [1.807, 2.05) is 31.2 Å². The van der Waals surface area contributed by atoms with E-state index in [2.05, 4.69) is 5.32 Å². The highest BCUT2D eigenvalue weighted by Crippen LogP contribution is 2.30. The molecule has 0 saturated heterocycles. The Kier molecular flexibility index (Phi) is 6.18. The summed E-state index contributed by atoms with van der Waals surface area (Å²) in [6.07, 6.45) is 0.554. The zero-order valence-corrected chi connectivity index (χ0v) is 12.4. The number of likely N-dealkylation sites (N-methyl/N-ethyl adjacent to an activating group) is 1. The van der Waals surface area contributed by atoms with Gasteiger partial charge in [0, 0.05) is 10.6 Å². The molecule has 0 aliphatic heterocycles. The number of nitrogens with one attached hydrogen (secondary N) is 1. The van der Waals surface area contributed by atoms with E-state index in [1.54, 1.807) is 25.8 Å². The fourth-order valence-electron chi connectivity index (χ4n) is 1.76. The fraction of sp³-hybridized carbons (Fsp3) is 0.500. The zero-order valence-electron chi connectivity index (χ0n) is 11.6. The molecule has 1 rings (SSSR count). The van der Waals surface area contributed by atoms with Gasteiger partial charge in [0.05, 0.1) is 7.11 Å². The van der Waals surface area contributed by atoms with Crippen molar-refractivity contribution in [3.8, 4) is 5.75 Å². The second-order valence-electron chi connectivity index (χ2n) is 4.42. The zero-order chi connectivity index (χ0) is 14.3. The predicted octanol–water partition coefficient (Wildman–Crippen LogP) is 2.63. The van der Waals surface area contributed by atoms with Crippen LogP contribution in [0.25, 0.3) is 0 Å². The first-order valence-corrected chi connectivity index (χ1v) is 7.26. The standard InChI is InChI=1S/C14H21NO3S/c1-4-15-14(2,13(16)17)9-10-19-12-8-6-5-7-11(12)18-3/h5-8,15H,4,9-10H2,1-3H3,(H,16,17). The predicted molar refractivity (Wildman–Crippen MR) is 78.1 cm³/mol. The molecule has 5 heteroatoms. The van der Waals surface area contributed by atoms with E-state index in [9.17, 15) is 9.90 Å². The Hall–Kier alpha value is -1.20. The molecule has 0 amide bonds. The molecule has 0 aliphatic rings. The van der Waals surface area contributed by atoms with Gasteiger partial charge in [-0.2, -0.15) is 0 Å². The monoisotopic (exact) mass is 283 g/mol. The Balaban J connectivity index is 2.59. The third-order valence-corrected chi connectivity index (χ3v) is 4.02. The van der Waals surface area contributed by atoms with Gasteiger partial charge in [-0.15, -0.1) is 11.8 Å². The van der Waals surface area contributed by atoms with Crippen molar-refractivity contribution in [2.24, 2.45) is 0 Å². The van der Waals surface area contributed by atoms with Gasteiger partial charge in [-0.1, -0.05) is 19.1 Å². The maximum Gasteiger partial charge on any atom is 0.323 e. The maximum atomic E-state index is 11.3. The van der Waals surface area contributed by atoms with Crippen LogP contribution in [0.4, 0.5) is 0 Å². The quantitative estimate of drug-likeness (QED) is 0.718. The number of hydrogen-bond donors (Lipinski definition) is 2. The van der Waals surface area contributed by atoms with Crippen LogP contribution in [0.15, 0.2) is 29.2 Å². The van der Waals surface area contributed by atoms with E-state index >= 15 is 0 Å². The lowest BCUT2D eigenvalue weighted by atomic mass is 9.99. The van der Waals surface area contributed by atoms with Crippen LogP contribution in [0.1, 0.15) is 20.3 Å². The Morgan fingerprint density at radius 2 is 2.16 bits per heavy atom. The van der Waals surface area contributed by atoms with Gasteiger partial charge in [-0.3, -0.25) is 4.79 Å². The molecule has 0 fully saturated rings. The minimum atomic E-state index is -0.871. The Morgan fingerprint density at radius 1 is 1.47 bits per heavy atom. The van der Waals surface area contributed by atoms with Gasteiger partial charge in [0.15, 0.2) is 0 Å². The molecule has 2 N–H and O–H groups in total. The molecule has 1 atom stereocenters. The van der Waals surface area contributed by atoms with Crippen LogP contribution in [0, 0.1) is 0 Å². The van der Waals surface area contributed by atoms with Crippen LogP contribution in [0.2, 0.25) is 0 Å². The van der Waals surface area contributed by atoms with E-state index in [0.29, 0.717) is 13.0 Å². The number of carboxylic acid groups (broad SMARTS) is 1. The van der Waals surface area contributed by atoms with Crippen molar-refractivity contribution in [3.05, 3.63) is 24.3 Å². The summed E-state index contributed by atoms with van der Waals surface area (Å²) in [5, 5.41) is 12.3. The average Bonchev–Trinajstić information content (AvgIpc) is 2.39. The maximum absolute atomic E-state index is 11.3.